The highest BCUT2D eigenvalue weighted by atomic mass is 16.3. The molecule has 0 aliphatic carbocycles. The van der Waals surface area contributed by atoms with Gasteiger partial charge in [-0.2, -0.15) is 4.98 Å². The predicted octanol–water partition coefficient (Wildman–Crippen LogP) is -1.18. The van der Waals surface area contributed by atoms with Crippen molar-refractivity contribution in [2.75, 3.05) is 12.3 Å². The van der Waals surface area contributed by atoms with Crippen molar-refractivity contribution >= 4 is 17.1 Å². The summed E-state index contributed by atoms with van der Waals surface area (Å²) in [6.07, 6.45) is 0.280. The van der Waals surface area contributed by atoms with Crippen LogP contribution >= 0.6 is 0 Å². The summed E-state index contributed by atoms with van der Waals surface area (Å²) in [5, 5.41) is 18.9. The van der Waals surface area contributed by atoms with E-state index in [0.717, 1.165) is 0 Å². The molecular formula is C9H13N5O3. The first-order valence-electron chi connectivity index (χ1n) is 5.06. The molecule has 17 heavy (non-hydrogen) atoms. The van der Waals surface area contributed by atoms with Gasteiger partial charge in [-0.1, -0.05) is 6.92 Å². The van der Waals surface area contributed by atoms with Crippen LogP contribution in [0.2, 0.25) is 0 Å². The molecule has 0 aliphatic rings. The van der Waals surface area contributed by atoms with Crippen molar-refractivity contribution < 1.29 is 10.2 Å². The van der Waals surface area contributed by atoms with Gasteiger partial charge in [0.15, 0.2) is 11.2 Å². The summed E-state index contributed by atoms with van der Waals surface area (Å²) in [5.74, 6) is -0.456. The van der Waals surface area contributed by atoms with Crippen molar-refractivity contribution in [3.8, 4) is 0 Å². The summed E-state index contributed by atoms with van der Waals surface area (Å²) in [7, 11) is 0. The van der Waals surface area contributed by atoms with Crippen LogP contribution in [0.3, 0.4) is 0 Å². The SMILES string of the molecule is CC(CO)C(O)n1cnc2c(=O)[nH]c(N)nc21. The number of nitrogens with two attached hydrogens (primary N) is 1. The number of aromatic amines is 1. The molecule has 0 bridgehead atoms. The molecule has 0 radical (unpaired) electrons. The van der Waals surface area contributed by atoms with Gasteiger partial charge in [0.2, 0.25) is 5.95 Å². The van der Waals surface area contributed by atoms with E-state index in [1.807, 2.05) is 0 Å². The van der Waals surface area contributed by atoms with E-state index < -0.39 is 17.7 Å². The van der Waals surface area contributed by atoms with Gasteiger partial charge in [-0.05, 0) is 0 Å². The lowest BCUT2D eigenvalue weighted by molar-refractivity contribution is 0.0242. The number of rotatable bonds is 3. The standard InChI is InChI=1S/C9H13N5O3/c1-4(2-15)8(17)14-3-11-5-6(14)12-9(10)13-7(5)16/h3-4,8,15,17H,2H2,1H3,(H3,10,12,13,16). The van der Waals surface area contributed by atoms with Gasteiger partial charge in [-0.3, -0.25) is 14.3 Å². The zero-order chi connectivity index (χ0) is 12.6. The van der Waals surface area contributed by atoms with Gasteiger partial charge >= 0.3 is 0 Å². The summed E-state index contributed by atoms with van der Waals surface area (Å²) >= 11 is 0. The van der Waals surface area contributed by atoms with Gasteiger partial charge in [0.05, 0.1) is 6.33 Å². The quantitative estimate of drug-likeness (QED) is 0.533. The van der Waals surface area contributed by atoms with E-state index in [1.54, 1.807) is 6.92 Å². The Morgan fingerprint density at radius 1 is 1.65 bits per heavy atom. The average molecular weight is 239 g/mol. The second-order valence-corrected chi connectivity index (χ2v) is 3.85. The molecule has 2 unspecified atom stereocenters. The largest absolute Gasteiger partial charge is 0.396 e. The lowest BCUT2D eigenvalue weighted by Gasteiger charge is -2.17. The van der Waals surface area contributed by atoms with Crippen LogP contribution in [0.1, 0.15) is 13.2 Å². The minimum absolute atomic E-state index is 0.0481. The number of nitrogens with one attached hydrogen (secondary N) is 1. The molecular weight excluding hydrogens is 226 g/mol. The number of nitrogen functional groups attached to an aromatic ring is 1. The molecule has 0 amide bonds. The van der Waals surface area contributed by atoms with E-state index in [0.29, 0.717) is 0 Å². The van der Waals surface area contributed by atoms with Gasteiger partial charge in [-0.25, -0.2) is 4.98 Å². The molecule has 92 valence electrons. The van der Waals surface area contributed by atoms with E-state index in [9.17, 15) is 9.90 Å². The van der Waals surface area contributed by atoms with E-state index in [1.165, 1.54) is 10.9 Å². The van der Waals surface area contributed by atoms with Crippen molar-refractivity contribution in [1.82, 2.24) is 19.5 Å². The van der Waals surface area contributed by atoms with Crippen molar-refractivity contribution in [3.63, 3.8) is 0 Å². The number of aliphatic hydroxyl groups is 2. The number of hydrogen-bond acceptors (Lipinski definition) is 6. The van der Waals surface area contributed by atoms with Crippen molar-refractivity contribution in [2.24, 2.45) is 5.92 Å². The number of H-pyrrole nitrogens is 1. The number of nitrogens with zero attached hydrogens (tertiary/aromatic N) is 3. The number of imidazole rings is 1. The lowest BCUT2D eigenvalue weighted by atomic mass is 10.1. The molecule has 2 aromatic heterocycles. The Kier molecular flexibility index (Phi) is 2.82. The smallest absolute Gasteiger partial charge is 0.280 e. The monoisotopic (exact) mass is 239 g/mol. The first-order chi connectivity index (χ1) is 8.04. The average Bonchev–Trinajstić information content (AvgIpc) is 2.70. The van der Waals surface area contributed by atoms with Crippen LogP contribution in [0.25, 0.3) is 11.2 Å². The summed E-state index contributed by atoms with van der Waals surface area (Å²) in [6, 6.07) is 0. The number of hydrogen-bond donors (Lipinski definition) is 4. The molecule has 0 fully saturated rings. The Morgan fingerprint density at radius 3 is 3.00 bits per heavy atom. The van der Waals surface area contributed by atoms with Gasteiger partial charge in [0.25, 0.3) is 5.56 Å². The predicted molar refractivity (Wildman–Crippen MR) is 60.1 cm³/mol. The number of aliphatic hydroxyl groups excluding tert-OH is 2. The molecule has 0 saturated carbocycles. The topological polar surface area (TPSA) is 130 Å². The van der Waals surface area contributed by atoms with Crippen molar-refractivity contribution in [1.29, 1.82) is 0 Å². The molecule has 0 aliphatic heterocycles. The fourth-order valence-electron chi connectivity index (χ4n) is 1.51. The van der Waals surface area contributed by atoms with Gasteiger partial charge in [-0.15, -0.1) is 0 Å². The lowest BCUT2D eigenvalue weighted by Crippen LogP contribution is -2.20. The van der Waals surface area contributed by atoms with Gasteiger partial charge in [0, 0.05) is 12.5 Å². The van der Waals surface area contributed by atoms with Gasteiger partial charge in [0.1, 0.15) is 6.23 Å². The Bertz CT molecular complexity index is 590. The van der Waals surface area contributed by atoms with Crippen LogP contribution in [0.4, 0.5) is 5.95 Å². The van der Waals surface area contributed by atoms with Crippen LogP contribution in [-0.2, 0) is 0 Å². The third-order valence-corrected chi connectivity index (χ3v) is 2.53. The van der Waals surface area contributed by atoms with E-state index in [4.69, 9.17) is 10.8 Å². The maximum Gasteiger partial charge on any atom is 0.280 e. The highest BCUT2D eigenvalue weighted by Gasteiger charge is 2.19. The molecule has 2 atom stereocenters. The minimum atomic E-state index is -1.02. The number of fused-ring (bicyclic) bond motifs is 1. The number of aromatic nitrogens is 4. The molecule has 2 aromatic rings. The van der Waals surface area contributed by atoms with Crippen LogP contribution in [0.5, 0.6) is 0 Å². The number of anilines is 1. The van der Waals surface area contributed by atoms with Crippen LogP contribution in [-0.4, -0.2) is 36.3 Å². The van der Waals surface area contributed by atoms with Gasteiger partial charge < -0.3 is 15.9 Å². The highest BCUT2D eigenvalue weighted by Crippen LogP contribution is 2.18. The van der Waals surface area contributed by atoms with Crippen molar-refractivity contribution in [3.05, 3.63) is 16.7 Å². The molecule has 0 aromatic carbocycles. The fraction of sp³-hybridized carbons (Fsp3) is 0.444. The summed E-state index contributed by atoms with van der Waals surface area (Å²) in [4.78, 5) is 21.6. The second kappa shape index (κ2) is 4.15. The third-order valence-electron chi connectivity index (χ3n) is 2.53. The molecule has 8 nitrogen and oxygen atoms in total. The summed E-state index contributed by atoms with van der Waals surface area (Å²) < 4.78 is 1.31. The minimum Gasteiger partial charge on any atom is -0.396 e. The van der Waals surface area contributed by atoms with Crippen molar-refractivity contribution in [2.45, 2.75) is 13.2 Å². The van der Waals surface area contributed by atoms with E-state index >= 15 is 0 Å². The second-order valence-electron chi connectivity index (χ2n) is 3.85. The van der Waals surface area contributed by atoms with Crippen LogP contribution in [0, 0.1) is 5.92 Å². The normalized spacial score (nSPS) is 15.0. The molecule has 5 N–H and O–H groups in total. The maximum absolute atomic E-state index is 11.5. The molecule has 8 heteroatoms. The Hall–Kier alpha value is -1.93. The Morgan fingerprint density at radius 2 is 2.35 bits per heavy atom. The zero-order valence-electron chi connectivity index (χ0n) is 9.16. The molecule has 2 heterocycles. The highest BCUT2D eigenvalue weighted by molar-refractivity contribution is 5.70. The maximum atomic E-state index is 11.5. The first kappa shape index (κ1) is 11.6. The summed E-state index contributed by atoms with van der Waals surface area (Å²) in [5.41, 5.74) is 5.25. The van der Waals surface area contributed by atoms with E-state index in [-0.39, 0.29) is 23.7 Å². The molecule has 0 spiro atoms. The third kappa shape index (κ3) is 1.87. The summed E-state index contributed by atoms with van der Waals surface area (Å²) in [6.45, 7) is 1.46. The Balaban J connectivity index is 2.60. The van der Waals surface area contributed by atoms with Crippen LogP contribution in [0.15, 0.2) is 11.1 Å². The van der Waals surface area contributed by atoms with Crippen LogP contribution < -0.4 is 11.3 Å². The zero-order valence-corrected chi connectivity index (χ0v) is 9.16. The Labute approximate surface area is 95.7 Å². The molecule has 2 rings (SSSR count). The fourth-order valence-corrected chi connectivity index (χ4v) is 1.51. The molecule has 0 saturated heterocycles. The first-order valence-corrected chi connectivity index (χ1v) is 5.06. The van der Waals surface area contributed by atoms with E-state index in [2.05, 4.69) is 15.0 Å².